The second kappa shape index (κ2) is 4.56. The zero-order valence-corrected chi connectivity index (χ0v) is 7.97. The van der Waals surface area contributed by atoms with Crippen LogP contribution in [0.25, 0.3) is 0 Å². The summed E-state index contributed by atoms with van der Waals surface area (Å²) >= 11 is 0. The molecule has 15 heavy (non-hydrogen) atoms. The van der Waals surface area contributed by atoms with Crippen molar-refractivity contribution in [3.63, 3.8) is 0 Å². The van der Waals surface area contributed by atoms with E-state index in [4.69, 9.17) is 11.5 Å². The number of para-hydroxylation sites is 1. The number of benzene rings is 1. The van der Waals surface area contributed by atoms with Gasteiger partial charge in [0.05, 0.1) is 12.0 Å². The Morgan fingerprint density at radius 3 is 2.47 bits per heavy atom. The summed E-state index contributed by atoms with van der Waals surface area (Å²) in [4.78, 5) is 21.9. The average Bonchev–Trinajstić information content (AvgIpc) is 2.18. The maximum atomic E-state index is 11.5. The van der Waals surface area contributed by atoms with E-state index in [2.05, 4.69) is 0 Å². The van der Waals surface area contributed by atoms with E-state index < -0.39 is 17.8 Å². The number of carboxylic acid groups (broad SMARTS) is 1. The lowest BCUT2D eigenvalue weighted by Gasteiger charge is -2.12. The third kappa shape index (κ3) is 2.78. The van der Waals surface area contributed by atoms with Crippen molar-refractivity contribution in [3.8, 4) is 0 Å². The van der Waals surface area contributed by atoms with E-state index in [1.165, 1.54) is 6.07 Å². The van der Waals surface area contributed by atoms with Crippen LogP contribution >= 0.6 is 0 Å². The molecule has 1 atom stereocenters. The first-order valence-corrected chi connectivity index (χ1v) is 4.36. The molecule has 5 heteroatoms. The lowest BCUT2D eigenvalue weighted by atomic mass is 10.0. The minimum absolute atomic E-state index is 0.286. The maximum Gasteiger partial charge on any atom is 0.166 e. The number of anilines is 1. The van der Waals surface area contributed by atoms with E-state index in [0.717, 1.165) is 0 Å². The molecule has 0 aliphatic carbocycles. The monoisotopic (exact) mass is 207 g/mol. The smallest absolute Gasteiger partial charge is 0.166 e. The number of nitrogens with two attached hydrogens (primary N) is 2. The maximum absolute atomic E-state index is 11.5. The summed E-state index contributed by atoms with van der Waals surface area (Å²) in [5.41, 5.74) is 11.3. The summed E-state index contributed by atoms with van der Waals surface area (Å²) < 4.78 is 0. The van der Waals surface area contributed by atoms with Gasteiger partial charge in [0.1, 0.15) is 0 Å². The summed E-state index contributed by atoms with van der Waals surface area (Å²) in [5, 5.41) is 10.3. The molecule has 0 aromatic heterocycles. The van der Waals surface area contributed by atoms with Gasteiger partial charge in [0.15, 0.2) is 5.78 Å². The van der Waals surface area contributed by atoms with Gasteiger partial charge in [-0.3, -0.25) is 4.79 Å². The van der Waals surface area contributed by atoms with E-state index in [9.17, 15) is 14.7 Å². The van der Waals surface area contributed by atoms with Crippen molar-refractivity contribution in [1.82, 2.24) is 0 Å². The number of aliphatic carboxylic acids is 1. The normalized spacial score (nSPS) is 12.1. The standard InChI is InChI=1S/C10H12N2O3/c11-7-4-2-1-3-6(7)9(13)5-8(12)10(14)15/h1-4,8H,5,11-12H2,(H,14,15)/p-1/t8-/m0/s1. The molecule has 80 valence electrons. The van der Waals surface area contributed by atoms with Crippen molar-refractivity contribution in [2.24, 2.45) is 5.73 Å². The van der Waals surface area contributed by atoms with Gasteiger partial charge in [0.25, 0.3) is 0 Å². The summed E-state index contributed by atoms with van der Waals surface area (Å²) in [6, 6.07) is 5.13. The minimum Gasteiger partial charge on any atom is -0.548 e. The first-order valence-electron chi connectivity index (χ1n) is 4.36. The third-order valence-corrected chi connectivity index (χ3v) is 1.97. The molecule has 0 bridgehead atoms. The first kappa shape index (κ1) is 11.2. The molecule has 0 saturated carbocycles. The van der Waals surface area contributed by atoms with Crippen molar-refractivity contribution < 1.29 is 14.7 Å². The van der Waals surface area contributed by atoms with Crippen LogP contribution < -0.4 is 16.6 Å². The van der Waals surface area contributed by atoms with Gasteiger partial charge in [-0.25, -0.2) is 0 Å². The Kier molecular flexibility index (Phi) is 3.41. The molecule has 1 aromatic carbocycles. The lowest BCUT2D eigenvalue weighted by molar-refractivity contribution is -0.307. The Morgan fingerprint density at radius 2 is 1.93 bits per heavy atom. The molecule has 5 nitrogen and oxygen atoms in total. The van der Waals surface area contributed by atoms with Gasteiger partial charge in [0.2, 0.25) is 0 Å². The molecule has 0 unspecified atom stereocenters. The fourth-order valence-corrected chi connectivity index (χ4v) is 1.14. The number of hydrogen-bond acceptors (Lipinski definition) is 5. The molecule has 0 aliphatic heterocycles. The molecule has 0 radical (unpaired) electrons. The molecule has 4 N–H and O–H groups in total. The Labute approximate surface area is 86.7 Å². The van der Waals surface area contributed by atoms with Gasteiger partial charge in [-0.15, -0.1) is 0 Å². The van der Waals surface area contributed by atoms with Gasteiger partial charge < -0.3 is 21.4 Å². The average molecular weight is 207 g/mol. The zero-order valence-electron chi connectivity index (χ0n) is 7.97. The first-order chi connectivity index (χ1) is 7.02. The molecule has 0 amide bonds. The van der Waals surface area contributed by atoms with E-state index in [1.54, 1.807) is 18.2 Å². The van der Waals surface area contributed by atoms with E-state index in [0.29, 0.717) is 5.69 Å². The Hall–Kier alpha value is -1.88. The Balaban J connectivity index is 2.78. The fourth-order valence-electron chi connectivity index (χ4n) is 1.14. The zero-order chi connectivity index (χ0) is 11.4. The second-order valence-electron chi connectivity index (χ2n) is 3.14. The number of carboxylic acids is 1. The van der Waals surface area contributed by atoms with Crippen LogP contribution in [0.3, 0.4) is 0 Å². The van der Waals surface area contributed by atoms with Gasteiger partial charge >= 0.3 is 0 Å². The predicted octanol–water partition coefficient (Wildman–Crippen LogP) is -1.08. The predicted molar refractivity (Wildman–Crippen MR) is 52.8 cm³/mol. The lowest BCUT2D eigenvalue weighted by Crippen LogP contribution is -2.43. The highest BCUT2D eigenvalue weighted by molar-refractivity contribution is 6.02. The van der Waals surface area contributed by atoms with Gasteiger partial charge in [-0.1, -0.05) is 12.1 Å². The highest BCUT2D eigenvalue weighted by atomic mass is 16.4. The van der Waals surface area contributed by atoms with E-state index in [1.807, 2.05) is 0 Å². The molecule has 0 heterocycles. The van der Waals surface area contributed by atoms with Crippen molar-refractivity contribution in [1.29, 1.82) is 0 Å². The van der Waals surface area contributed by atoms with Gasteiger partial charge in [-0.05, 0) is 12.1 Å². The van der Waals surface area contributed by atoms with Crippen molar-refractivity contribution in [2.45, 2.75) is 12.5 Å². The van der Waals surface area contributed by atoms with Crippen LogP contribution in [0.5, 0.6) is 0 Å². The number of Topliss-reactive ketones (excluding diaryl/α,β-unsaturated/α-hetero) is 1. The molecular weight excluding hydrogens is 196 g/mol. The number of nitrogen functional groups attached to an aromatic ring is 1. The summed E-state index contributed by atoms with van der Waals surface area (Å²) in [5.74, 6) is -1.84. The number of ketones is 1. The molecule has 1 rings (SSSR count). The fraction of sp³-hybridized carbons (Fsp3) is 0.200. The SMILES string of the molecule is Nc1ccccc1C(=O)C[C@H](N)C(=O)[O-]. The summed E-state index contributed by atoms with van der Waals surface area (Å²) in [6.07, 6.45) is -0.309. The number of hydrogen-bond donors (Lipinski definition) is 2. The number of carbonyl (C=O) groups is 2. The number of rotatable bonds is 4. The van der Waals surface area contributed by atoms with E-state index in [-0.39, 0.29) is 12.0 Å². The van der Waals surface area contributed by atoms with Crippen LogP contribution in [-0.4, -0.2) is 17.8 Å². The van der Waals surface area contributed by atoms with Gasteiger partial charge in [0, 0.05) is 17.7 Å². The van der Waals surface area contributed by atoms with Crippen LogP contribution in [0.15, 0.2) is 24.3 Å². The van der Waals surface area contributed by atoms with Crippen LogP contribution in [0.4, 0.5) is 5.69 Å². The van der Waals surface area contributed by atoms with Crippen LogP contribution in [-0.2, 0) is 4.79 Å². The summed E-state index contributed by atoms with van der Waals surface area (Å²) in [6.45, 7) is 0. The van der Waals surface area contributed by atoms with Crippen LogP contribution in [0.1, 0.15) is 16.8 Å². The second-order valence-corrected chi connectivity index (χ2v) is 3.14. The summed E-state index contributed by atoms with van der Waals surface area (Å²) in [7, 11) is 0. The van der Waals surface area contributed by atoms with Crippen LogP contribution in [0, 0.1) is 0 Å². The quantitative estimate of drug-likeness (QED) is 0.482. The van der Waals surface area contributed by atoms with Crippen molar-refractivity contribution >= 4 is 17.4 Å². The molecule has 1 aromatic rings. The van der Waals surface area contributed by atoms with E-state index >= 15 is 0 Å². The van der Waals surface area contributed by atoms with Crippen molar-refractivity contribution in [3.05, 3.63) is 29.8 Å². The topological polar surface area (TPSA) is 109 Å². The largest absolute Gasteiger partial charge is 0.548 e. The van der Waals surface area contributed by atoms with Gasteiger partial charge in [-0.2, -0.15) is 0 Å². The molecule has 0 saturated heterocycles. The Bertz CT molecular complexity index is 390. The van der Waals surface area contributed by atoms with Crippen LogP contribution in [0.2, 0.25) is 0 Å². The Morgan fingerprint density at radius 1 is 1.33 bits per heavy atom. The molecule has 0 fully saturated rings. The number of carbonyl (C=O) groups excluding carboxylic acids is 2. The minimum atomic E-state index is -1.45. The molecule has 0 aliphatic rings. The third-order valence-electron chi connectivity index (χ3n) is 1.97. The highest BCUT2D eigenvalue weighted by Crippen LogP contribution is 2.13. The molecular formula is C10H11N2O3-. The highest BCUT2D eigenvalue weighted by Gasteiger charge is 2.14. The molecule has 0 spiro atoms. The van der Waals surface area contributed by atoms with Crippen molar-refractivity contribution in [2.75, 3.05) is 5.73 Å².